The van der Waals surface area contributed by atoms with Crippen molar-refractivity contribution in [3.8, 4) is 5.75 Å². The van der Waals surface area contributed by atoms with Crippen molar-refractivity contribution in [2.45, 2.75) is 12.5 Å². The van der Waals surface area contributed by atoms with Crippen LogP contribution in [0.1, 0.15) is 22.3 Å². The maximum atomic E-state index is 12.5. The standard InChI is InChI=1S/C15H11NO8S2/c17-9-2-1-6(3-7(9)13(21)22)4-10-12(20)16(15(25)26-10)8(14(23)24)5-11(18)19/h1-4,8,17H,5H2,(H,18,19)(H,21,22)(H,23,24). The average molecular weight is 397 g/mol. The van der Waals surface area contributed by atoms with Crippen molar-refractivity contribution in [1.82, 2.24) is 4.90 Å². The molecule has 1 aliphatic rings. The summed E-state index contributed by atoms with van der Waals surface area (Å²) >= 11 is 5.75. The first kappa shape index (κ1) is 19.4. The van der Waals surface area contributed by atoms with Gasteiger partial charge in [-0.1, -0.05) is 30.0 Å². The van der Waals surface area contributed by atoms with E-state index in [0.29, 0.717) is 4.90 Å². The predicted molar refractivity (Wildman–Crippen MR) is 93.8 cm³/mol. The minimum Gasteiger partial charge on any atom is -0.507 e. The van der Waals surface area contributed by atoms with Gasteiger partial charge in [-0.15, -0.1) is 0 Å². The topological polar surface area (TPSA) is 152 Å². The fraction of sp³-hybridized carbons (Fsp3) is 0.133. The number of aromatic hydroxyl groups is 1. The van der Waals surface area contributed by atoms with E-state index < -0.39 is 42.0 Å². The highest BCUT2D eigenvalue weighted by Gasteiger charge is 2.41. The number of carbonyl (C=O) groups is 4. The molecule has 2 rings (SSSR count). The minimum atomic E-state index is -1.65. The Morgan fingerprint density at radius 3 is 2.42 bits per heavy atom. The summed E-state index contributed by atoms with van der Waals surface area (Å²) in [5.41, 5.74) is -0.102. The first-order valence-electron chi connectivity index (χ1n) is 6.89. The molecule has 1 fully saturated rings. The van der Waals surface area contributed by atoms with E-state index >= 15 is 0 Å². The minimum absolute atomic E-state index is 0.00803. The number of phenols is 1. The number of benzene rings is 1. The second kappa shape index (κ2) is 7.54. The zero-order valence-corrected chi connectivity index (χ0v) is 14.4. The number of aromatic carboxylic acids is 1. The van der Waals surface area contributed by atoms with Crippen molar-refractivity contribution in [2.75, 3.05) is 0 Å². The van der Waals surface area contributed by atoms with Gasteiger partial charge in [0.15, 0.2) is 0 Å². The Bertz CT molecular complexity index is 863. The molecule has 1 aromatic rings. The summed E-state index contributed by atoms with van der Waals surface area (Å²) in [5.74, 6) is -5.52. The van der Waals surface area contributed by atoms with Gasteiger partial charge in [-0.05, 0) is 23.8 Å². The third kappa shape index (κ3) is 4.00. The van der Waals surface area contributed by atoms with E-state index in [9.17, 15) is 29.4 Å². The lowest BCUT2D eigenvalue weighted by Crippen LogP contribution is -2.45. The number of thiocarbonyl (C=S) groups is 1. The number of carboxylic acid groups (broad SMARTS) is 3. The lowest BCUT2D eigenvalue weighted by atomic mass is 10.1. The summed E-state index contributed by atoms with van der Waals surface area (Å²) in [6.07, 6.45) is 0.461. The van der Waals surface area contributed by atoms with Crippen LogP contribution in [0.25, 0.3) is 6.08 Å². The van der Waals surface area contributed by atoms with E-state index in [0.717, 1.165) is 23.9 Å². The molecule has 0 saturated carbocycles. The number of hydrogen-bond donors (Lipinski definition) is 4. The van der Waals surface area contributed by atoms with Crippen LogP contribution < -0.4 is 0 Å². The Morgan fingerprint density at radius 2 is 1.88 bits per heavy atom. The van der Waals surface area contributed by atoms with Crippen LogP contribution in [-0.2, 0) is 14.4 Å². The van der Waals surface area contributed by atoms with Crippen molar-refractivity contribution in [2.24, 2.45) is 0 Å². The largest absolute Gasteiger partial charge is 0.507 e. The molecule has 136 valence electrons. The molecule has 0 bridgehead atoms. The molecule has 11 heteroatoms. The molecule has 9 nitrogen and oxygen atoms in total. The number of hydrogen-bond acceptors (Lipinski definition) is 7. The fourth-order valence-electron chi connectivity index (χ4n) is 2.17. The van der Waals surface area contributed by atoms with E-state index in [4.69, 9.17) is 22.4 Å². The highest BCUT2D eigenvalue weighted by molar-refractivity contribution is 8.26. The summed E-state index contributed by atoms with van der Waals surface area (Å²) in [7, 11) is 0. The van der Waals surface area contributed by atoms with Crippen LogP contribution in [0.4, 0.5) is 0 Å². The molecule has 1 amide bonds. The number of carboxylic acids is 3. The first-order valence-corrected chi connectivity index (χ1v) is 8.12. The maximum absolute atomic E-state index is 12.5. The Labute approximate surface area is 155 Å². The molecule has 0 spiro atoms. The molecule has 1 aliphatic heterocycles. The highest BCUT2D eigenvalue weighted by Crippen LogP contribution is 2.35. The van der Waals surface area contributed by atoms with Crippen LogP contribution in [0.5, 0.6) is 5.75 Å². The van der Waals surface area contributed by atoms with Crippen LogP contribution in [0.2, 0.25) is 0 Å². The van der Waals surface area contributed by atoms with Crippen molar-refractivity contribution in [3.63, 3.8) is 0 Å². The Kier molecular flexibility index (Phi) is 5.63. The van der Waals surface area contributed by atoms with Crippen LogP contribution in [0.3, 0.4) is 0 Å². The Hall–Kier alpha value is -2.92. The Balaban J connectivity index is 2.37. The van der Waals surface area contributed by atoms with E-state index in [-0.39, 0.29) is 20.4 Å². The van der Waals surface area contributed by atoms with Crippen LogP contribution in [0.15, 0.2) is 23.1 Å². The van der Waals surface area contributed by atoms with Crippen molar-refractivity contribution >= 4 is 58.2 Å². The van der Waals surface area contributed by atoms with E-state index in [1.54, 1.807) is 0 Å². The van der Waals surface area contributed by atoms with Gasteiger partial charge < -0.3 is 20.4 Å². The molecule has 1 atom stereocenters. The second-order valence-corrected chi connectivity index (χ2v) is 6.76. The lowest BCUT2D eigenvalue weighted by molar-refractivity contribution is -0.150. The SMILES string of the molecule is O=C(O)CC(C(=O)O)N1C(=O)C(=Cc2ccc(O)c(C(=O)O)c2)SC1=S. The number of amides is 1. The molecule has 0 aliphatic carbocycles. The zero-order chi connectivity index (χ0) is 19.6. The third-order valence-electron chi connectivity index (χ3n) is 3.34. The number of nitrogens with zero attached hydrogens (tertiary/aromatic N) is 1. The normalized spacial score (nSPS) is 16.8. The lowest BCUT2D eigenvalue weighted by Gasteiger charge is -2.21. The van der Waals surface area contributed by atoms with Gasteiger partial charge >= 0.3 is 17.9 Å². The van der Waals surface area contributed by atoms with Gasteiger partial charge in [-0.3, -0.25) is 14.5 Å². The van der Waals surface area contributed by atoms with E-state index in [1.165, 1.54) is 12.1 Å². The van der Waals surface area contributed by atoms with E-state index in [2.05, 4.69) is 0 Å². The van der Waals surface area contributed by atoms with Gasteiger partial charge in [-0.2, -0.15) is 0 Å². The molecule has 0 aromatic heterocycles. The Morgan fingerprint density at radius 1 is 1.23 bits per heavy atom. The van der Waals surface area contributed by atoms with Crippen molar-refractivity contribution < 1.29 is 39.6 Å². The molecule has 0 radical (unpaired) electrons. The van der Waals surface area contributed by atoms with Crippen LogP contribution in [0, 0.1) is 0 Å². The average Bonchev–Trinajstić information content (AvgIpc) is 2.80. The molecule has 1 aromatic carbocycles. The van der Waals surface area contributed by atoms with Gasteiger partial charge in [0, 0.05) is 0 Å². The highest BCUT2D eigenvalue weighted by atomic mass is 32.2. The summed E-state index contributed by atoms with van der Waals surface area (Å²) in [6.45, 7) is 0. The summed E-state index contributed by atoms with van der Waals surface area (Å²) in [5, 5.41) is 36.5. The van der Waals surface area contributed by atoms with Crippen LogP contribution >= 0.6 is 24.0 Å². The molecule has 26 heavy (non-hydrogen) atoms. The first-order chi connectivity index (χ1) is 12.1. The van der Waals surface area contributed by atoms with Gasteiger partial charge in [-0.25, -0.2) is 9.59 Å². The zero-order valence-electron chi connectivity index (χ0n) is 12.8. The smallest absolute Gasteiger partial charge is 0.339 e. The van der Waals surface area contributed by atoms with Crippen molar-refractivity contribution in [3.05, 3.63) is 34.2 Å². The molecular weight excluding hydrogens is 386 g/mol. The monoisotopic (exact) mass is 397 g/mol. The number of thioether (sulfide) groups is 1. The molecule has 4 N–H and O–H groups in total. The molecular formula is C15H11NO8S2. The maximum Gasteiger partial charge on any atom is 0.339 e. The molecule has 1 heterocycles. The van der Waals surface area contributed by atoms with Gasteiger partial charge in [0.2, 0.25) is 0 Å². The van der Waals surface area contributed by atoms with Crippen molar-refractivity contribution in [1.29, 1.82) is 0 Å². The summed E-state index contributed by atoms with van der Waals surface area (Å²) in [4.78, 5) is 46.4. The second-order valence-electron chi connectivity index (χ2n) is 5.09. The fourth-order valence-corrected chi connectivity index (χ4v) is 3.53. The van der Waals surface area contributed by atoms with Crippen LogP contribution in [-0.4, -0.2) is 59.5 Å². The number of carbonyl (C=O) groups excluding carboxylic acids is 1. The van der Waals surface area contributed by atoms with E-state index in [1.807, 2.05) is 0 Å². The molecule has 1 saturated heterocycles. The number of aliphatic carboxylic acids is 2. The van der Waals surface area contributed by atoms with Gasteiger partial charge in [0.05, 0.1) is 11.3 Å². The number of rotatable bonds is 6. The van der Waals surface area contributed by atoms with Gasteiger partial charge in [0.25, 0.3) is 5.91 Å². The third-order valence-corrected chi connectivity index (χ3v) is 4.67. The summed E-state index contributed by atoms with van der Waals surface area (Å²) < 4.78 is -0.118. The summed E-state index contributed by atoms with van der Waals surface area (Å²) in [6, 6.07) is 1.98. The molecule has 1 unspecified atom stereocenters. The quantitative estimate of drug-likeness (QED) is 0.407. The van der Waals surface area contributed by atoms with Gasteiger partial charge in [0.1, 0.15) is 21.7 Å². The predicted octanol–water partition coefficient (Wildman–Crippen LogP) is 1.22.